The highest BCUT2D eigenvalue weighted by Gasteiger charge is 2.06. The van der Waals surface area contributed by atoms with E-state index >= 15 is 0 Å². The molecule has 8 heteroatoms. The highest BCUT2D eigenvalue weighted by Crippen LogP contribution is 2.16. The molecule has 0 unspecified atom stereocenters. The Labute approximate surface area is 148 Å². The van der Waals surface area contributed by atoms with E-state index in [2.05, 4.69) is 15.8 Å². The summed E-state index contributed by atoms with van der Waals surface area (Å²) in [4.78, 5) is 22.1. The first kappa shape index (κ1) is 16.9. The first-order chi connectivity index (χ1) is 12.6. The second-order valence-electron chi connectivity index (χ2n) is 5.27. The van der Waals surface area contributed by atoms with Crippen molar-refractivity contribution in [3.63, 3.8) is 0 Å². The van der Waals surface area contributed by atoms with Gasteiger partial charge in [-0.1, -0.05) is 18.2 Å². The van der Waals surface area contributed by atoms with E-state index in [-0.39, 0.29) is 5.69 Å². The Morgan fingerprint density at radius 2 is 1.77 bits per heavy atom. The molecule has 0 saturated carbocycles. The lowest BCUT2D eigenvalue weighted by Gasteiger charge is -2.06. The molecule has 8 nitrogen and oxygen atoms in total. The maximum absolute atomic E-state index is 11.8. The minimum atomic E-state index is -0.458. The highest BCUT2D eigenvalue weighted by atomic mass is 16.6. The van der Waals surface area contributed by atoms with Crippen LogP contribution in [0.4, 0.5) is 16.2 Å². The first-order valence-corrected chi connectivity index (χ1v) is 7.71. The molecule has 0 aliphatic rings. The van der Waals surface area contributed by atoms with Gasteiger partial charge in [0.25, 0.3) is 5.69 Å². The molecule has 0 fully saturated rings. The number of nitrogens with zero attached hydrogens (tertiary/aromatic N) is 3. The number of nitrogens with one attached hydrogen (secondary N) is 2. The van der Waals surface area contributed by atoms with Crippen LogP contribution in [0.1, 0.15) is 5.69 Å². The van der Waals surface area contributed by atoms with E-state index < -0.39 is 11.0 Å². The van der Waals surface area contributed by atoms with Crippen molar-refractivity contribution in [3.05, 3.63) is 88.7 Å². The molecule has 0 aliphatic heterocycles. The van der Waals surface area contributed by atoms with Crippen LogP contribution in [-0.2, 0) is 0 Å². The number of hydrogen-bond acceptors (Lipinski definition) is 4. The number of nitro benzene ring substituents is 1. The van der Waals surface area contributed by atoms with E-state index in [0.717, 1.165) is 5.69 Å². The minimum Gasteiger partial charge on any atom is -0.316 e. The van der Waals surface area contributed by atoms with Gasteiger partial charge in [0, 0.05) is 29.7 Å². The van der Waals surface area contributed by atoms with E-state index in [9.17, 15) is 14.9 Å². The largest absolute Gasteiger partial charge is 0.339 e. The summed E-state index contributed by atoms with van der Waals surface area (Å²) >= 11 is 0. The molecule has 130 valence electrons. The smallest absolute Gasteiger partial charge is 0.316 e. The number of rotatable bonds is 5. The predicted octanol–water partition coefficient (Wildman–Crippen LogP) is 3.54. The number of nitro groups is 1. The average molecular weight is 349 g/mol. The molecule has 0 atom stereocenters. The van der Waals surface area contributed by atoms with Crippen LogP contribution in [-0.4, -0.2) is 21.7 Å². The summed E-state index contributed by atoms with van der Waals surface area (Å²) in [7, 11) is 0. The van der Waals surface area contributed by atoms with Crippen molar-refractivity contribution in [2.75, 3.05) is 5.32 Å². The van der Waals surface area contributed by atoms with Gasteiger partial charge in [0.05, 0.1) is 16.8 Å². The molecule has 0 bridgehead atoms. The van der Waals surface area contributed by atoms with Gasteiger partial charge in [-0.15, -0.1) is 0 Å². The fraction of sp³-hybridized carbons (Fsp3) is 0. The van der Waals surface area contributed by atoms with Gasteiger partial charge >= 0.3 is 6.03 Å². The average Bonchev–Trinajstić information content (AvgIpc) is 3.11. The summed E-state index contributed by atoms with van der Waals surface area (Å²) in [6.45, 7) is 0. The number of carbonyl (C=O) groups is 1. The third-order valence-electron chi connectivity index (χ3n) is 3.51. The summed E-state index contributed by atoms with van der Waals surface area (Å²) in [5, 5.41) is 17.3. The Morgan fingerprint density at radius 1 is 1.04 bits per heavy atom. The molecule has 0 spiro atoms. The van der Waals surface area contributed by atoms with Crippen LogP contribution in [0.3, 0.4) is 0 Å². The fourth-order valence-corrected chi connectivity index (χ4v) is 2.31. The zero-order valence-corrected chi connectivity index (χ0v) is 13.6. The molecule has 1 heterocycles. The number of urea groups is 1. The van der Waals surface area contributed by atoms with E-state index in [0.29, 0.717) is 11.4 Å². The van der Waals surface area contributed by atoms with Crippen molar-refractivity contribution >= 4 is 23.6 Å². The van der Waals surface area contributed by atoms with Gasteiger partial charge in [-0.25, -0.2) is 10.2 Å². The van der Waals surface area contributed by atoms with Gasteiger partial charge in [-0.3, -0.25) is 10.1 Å². The zero-order valence-electron chi connectivity index (χ0n) is 13.6. The monoisotopic (exact) mass is 349 g/mol. The van der Waals surface area contributed by atoms with Crippen LogP contribution in [0, 0.1) is 10.1 Å². The van der Waals surface area contributed by atoms with E-state index in [1.165, 1.54) is 18.3 Å². The van der Waals surface area contributed by atoms with Gasteiger partial charge in [0.2, 0.25) is 0 Å². The van der Waals surface area contributed by atoms with Crippen LogP contribution in [0.2, 0.25) is 0 Å². The molecule has 1 aromatic heterocycles. The molecule has 2 aromatic carbocycles. The Hall–Kier alpha value is -3.94. The lowest BCUT2D eigenvalue weighted by atomic mass is 10.3. The number of para-hydroxylation sites is 1. The summed E-state index contributed by atoms with van der Waals surface area (Å²) < 4.78 is 1.80. The second kappa shape index (κ2) is 7.75. The van der Waals surface area contributed by atoms with Gasteiger partial charge in [-0.2, -0.15) is 5.10 Å². The van der Waals surface area contributed by atoms with Crippen molar-refractivity contribution in [2.24, 2.45) is 5.10 Å². The first-order valence-electron chi connectivity index (χ1n) is 7.71. The van der Waals surface area contributed by atoms with Crippen molar-refractivity contribution in [1.29, 1.82) is 0 Å². The molecular formula is C18H15N5O3. The summed E-state index contributed by atoms with van der Waals surface area (Å²) in [5.41, 5.74) is 4.53. The molecule has 3 aromatic rings. The van der Waals surface area contributed by atoms with Crippen molar-refractivity contribution in [3.8, 4) is 5.69 Å². The van der Waals surface area contributed by atoms with Crippen LogP contribution < -0.4 is 10.7 Å². The van der Waals surface area contributed by atoms with Crippen molar-refractivity contribution in [1.82, 2.24) is 9.99 Å². The predicted molar refractivity (Wildman–Crippen MR) is 98.6 cm³/mol. The van der Waals surface area contributed by atoms with Crippen LogP contribution in [0.15, 0.2) is 78.0 Å². The molecule has 0 radical (unpaired) electrons. The zero-order chi connectivity index (χ0) is 18.4. The Morgan fingerprint density at radius 3 is 2.46 bits per heavy atom. The normalized spacial score (nSPS) is 10.6. The SMILES string of the molecule is O=C(N/N=C\c1cccn1-c1ccc([N+](=O)[O-])cc1)Nc1ccccc1. The van der Waals surface area contributed by atoms with Crippen molar-refractivity contribution < 1.29 is 9.72 Å². The number of aromatic nitrogens is 1. The molecule has 0 aliphatic carbocycles. The van der Waals surface area contributed by atoms with Gasteiger partial charge < -0.3 is 9.88 Å². The number of anilines is 1. The second-order valence-corrected chi connectivity index (χ2v) is 5.27. The molecule has 26 heavy (non-hydrogen) atoms. The minimum absolute atomic E-state index is 0.0235. The maximum atomic E-state index is 11.8. The number of carbonyl (C=O) groups excluding carboxylic acids is 1. The highest BCUT2D eigenvalue weighted by molar-refractivity contribution is 5.90. The van der Waals surface area contributed by atoms with Crippen LogP contribution in [0.25, 0.3) is 5.69 Å². The van der Waals surface area contributed by atoms with Crippen LogP contribution in [0.5, 0.6) is 0 Å². The summed E-state index contributed by atoms with van der Waals surface area (Å²) in [6, 6.07) is 18.3. The van der Waals surface area contributed by atoms with E-state index in [4.69, 9.17) is 0 Å². The third-order valence-corrected chi connectivity index (χ3v) is 3.51. The number of amides is 2. The lowest BCUT2D eigenvalue weighted by Crippen LogP contribution is -2.24. The number of benzene rings is 2. The summed E-state index contributed by atoms with van der Waals surface area (Å²) in [6.07, 6.45) is 3.29. The topological polar surface area (TPSA) is 102 Å². The molecule has 3 rings (SSSR count). The third kappa shape index (κ3) is 4.12. The fourth-order valence-electron chi connectivity index (χ4n) is 2.31. The molecular weight excluding hydrogens is 334 g/mol. The van der Waals surface area contributed by atoms with Gasteiger partial charge in [0.1, 0.15) is 0 Å². The Balaban J connectivity index is 1.66. The number of non-ortho nitro benzene ring substituents is 1. The Kier molecular flexibility index (Phi) is 5.04. The molecule has 0 saturated heterocycles. The lowest BCUT2D eigenvalue weighted by molar-refractivity contribution is -0.384. The van der Waals surface area contributed by atoms with Crippen LogP contribution >= 0.6 is 0 Å². The summed E-state index contributed by atoms with van der Waals surface area (Å²) in [5.74, 6) is 0. The standard InChI is InChI=1S/C18H15N5O3/c24-18(20-14-5-2-1-3-6-14)21-19-13-17-7-4-12-22(17)15-8-10-16(11-9-15)23(25)26/h1-13H,(H2,20,21,24)/b19-13-. The quantitative estimate of drug-likeness (QED) is 0.418. The Bertz CT molecular complexity index is 933. The van der Waals surface area contributed by atoms with E-state index in [1.54, 1.807) is 35.0 Å². The van der Waals surface area contributed by atoms with Crippen molar-refractivity contribution in [2.45, 2.75) is 0 Å². The number of hydrazone groups is 1. The van der Waals surface area contributed by atoms with Gasteiger partial charge in [0.15, 0.2) is 0 Å². The number of hydrogen-bond donors (Lipinski definition) is 2. The maximum Gasteiger partial charge on any atom is 0.339 e. The van der Waals surface area contributed by atoms with Gasteiger partial charge in [-0.05, 0) is 36.4 Å². The molecule has 2 N–H and O–H groups in total. The van der Waals surface area contributed by atoms with E-state index in [1.807, 2.05) is 30.3 Å². The molecule has 2 amide bonds.